The molecule has 0 spiro atoms. The normalized spacial score (nSPS) is 20.5. The fraction of sp³-hybridized carbons (Fsp3) is 0.684. The van der Waals surface area contributed by atoms with Gasteiger partial charge in [0.25, 0.3) is 0 Å². The average molecular weight is 393 g/mol. The van der Waals surface area contributed by atoms with Crippen LogP contribution in [0.15, 0.2) is 12.1 Å². The lowest BCUT2D eigenvalue weighted by molar-refractivity contribution is 0.0585. The molecule has 0 aromatic carbocycles. The van der Waals surface area contributed by atoms with Crippen LogP contribution in [0, 0.1) is 0 Å². The van der Waals surface area contributed by atoms with Gasteiger partial charge in [-0.15, -0.1) is 0 Å². The minimum atomic E-state index is 0.239. The van der Waals surface area contributed by atoms with Crippen molar-refractivity contribution in [1.29, 1.82) is 0 Å². The highest BCUT2D eigenvalue weighted by Gasteiger charge is 2.26. The van der Waals surface area contributed by atoms with E-state index in [0.717, 1.165) is 76.2 Å². The Bertz CT molecular complexity index is 787. The molecular formula is C19H29ClN6O. The molecule has 8 heteroatoms. The molecule has 148 valence electrons. The number of fused-ring (bicyclic) bond motifs is 1. The van der Waals surface area contributed by atoms with Crippen molar-refractivity contribution in [2.75, 3.05) is 57.4 Å². The lowest BCUT2D eigenvalue weighted by Crippen LogP contribution is -2.53. The zero-order chi connectivity index (χ0) is 19.0. The largest absolute Gasteiger partial charge is 0.378 e. The van der Waals surface area contributed by atoms with Crippen LogP contribution >= 0.6 is 11.6 Å². The van der Waals surface area contributed by atoms with Crippen LogP contribution in [0.1, 0.15) is 26.5 Å². The van der Waals surface area contributed by atoms with Gasteiger partial charge >= 0.3 is 0 Å². The molecule has 2 saturated heterocycles. The Hall–Kier alpha value is -1.41. The number of nitrogens with zero attached hydrogens (tertiary/aromatic N) is 6. The second kappa shape index (κ2) is 7.54. The summed E-state index contributed by atoms with van der Waals surface area (Å²) in [5, 5.41) is 5.36. The summed E-state index contributed by atoms with van der Waals surface area (Å²) < 4.78 is 7.40. The number of hydrogen-bond acceptors (Lipinski definition) is 6. The van der Waals surface area contributed by atoms with E-state index >= 15 is 0 Å². The Labute approximate surface area is 165 Å². The summed E-state index contributed by atoms with van der Waals surface area (Å²) in [7, 11) is 0. The first kappa shape index (κ1) is 18.9. The van der Waals surface area contributed by atoms with E-state index in [9.17, 15) is 0 Å². The second-order valence-electron chi connectivity index (χ2n) is 8.38. The van der Waals surface area contributed by atoms with E-state index in [1.165, 1.54) is 0 Å². The van der Waals surface area contributed by atoms with Crippen molar-refractivity contribution in [2.24, 2.45) is 0 Å². The SMILES string of the molecule is CC(C)(C)N1CCN(Cc2cc3nc(Cl)cc(N4CCOCC4)n3n2)CC1. The van der Waals surface area contributed by atoms with Crippen LogP contribution in [0.4, 0.5) is 5.82 Å². The van der Waals surface area contributed by atoms with E-state index in [-0.39, 0.29) is 5.54 Å². The van der Waals surface area contributed by atoms with Crippen molar-refractivity contribution in [3.05, 3.63) is 23.0 Å². The Morgan fingerprint density at radius 1 is 1.04 bits per heavy atom. The first-order valence-corrected chi connectivity index (χ1v) is 10.1. The van der Waals surface area contributed by atoms with Gasteiger partial charge in [0.15, 0.2) is 5.65 Å². The molecule has 0 radical (unpaired) electrons. The van der Waals surface area contributed by atoms with Gasteiger partial charge < -0.3 is 9.64 Å². The lowest BCUT2D eigenvalue weighted by Gasteiger charge is -2.42. The van der Waals surface area contributed by atoms with Crippen molar-refractivity contribution >= 4 is 23.1 Å². The van der Waals surface area contributed by atoms with Crippen LogP contribution in [0.25, 0.3) is 5.65 Å². The number of hydrogen-bond donors (Lipinski definition) is 0. The van der Waals surface area contributed by atoms with Crippen LogP contribution in [0.2, 0.25) is 5.15 Å². The molecular weight excluding hydrogens is 364 g/mol. The number of piperazine rings is 1. The van der Waals surface area contributed by atoms with E-state index in [4.69, 9.17) is 21.4 Å². The number of anilines is 1. The van der Waals surface area contributed by atoms with E-state index in [2.05, 4.69) is 46.5 Å². The fourth-order valence-electron chi connectivity index (χ4n) is 3.88. The highest BCUT2D eigenvalue weighted by Crippen LogP contribution is 2.23. The van der Waals surface area contributed by atoms with Crippen molar-refractivity contribution in [3.8, 4) is 0 Å². The van der Waals surface area contributed by atoms with Gasteiger partial charge in [0.1, 0.15) is 11.0 Å². The number of ether oxygens (including phenoxy) is 1. The highest BCUT2D eigenvalue weighted by atomic mass is 35.5. The zero-order valence-corrected chi connectivity index (χ0v) is 17.2. The third-order valence-electron chi connectivity index (χ3n) is 5.47. The summed E-state index contributed by atoms with van der Waals surface area (Å²) in [6, 6.07) is 3.96. The van der Waals surface area contributed by atoms with Gasteiger partial charge in [-0.2, -0.15) is 9.61 Å². The molecule has 2 aliphatic heterocycles. The van der Waals surface area contributed by atoms with Crippen molar-refractivity contribution in [2.45, 2.75) is 32.9 Å². The van der Waals surface area contributed by atoms with Gasteiger partial charge in [-0.25, -0.2) is 4.98 Å². The third-order valence-corrected chi connectivity index (χ3v) is 5.66. The summed E-state index contributed by atoms with van der Waals surface area (Å²) in [4.78, 5) is 11.8. The Kier molecular flexibility index (Phi) is 5.29. The predicted molar refractivity (Wildman–Crippen MR) is 108 cm³/mol. The molecule has 7 nitrogen and oxygen atoms in total. The molecule has 0 atom stereocenters. The lowest BCUT2D eigenvalue weighted by atomic mass is 10.0. The molecule has 2 aliphatic rings. The maximum absolute atomic E-state index is 6.28. The zero-order valence-electron chi connectivity index (χ0n) is 16.5. The minimum absolute atomic E-state index is 0.239. The summed E-state index contributed by atoms with van der Waals surface area (Å²) in [6.07, 6.45) is 0. The van der Waals surface area contributed by atoms with E-state index in [1.54, 1.807) is 0 Å². The quantitative estimate of drug-likeness (QED) is 0.746. The van der Waals surface area contributed by atoms with Gasteiger partial charge in [-0.3, -0.25) is 9.80 Å². The fourth-order valence-corrected chi connectivity index (χ4v) is 4.06. The molecule has 2 aromatic heterocycles. The Morgan fingerprint density at radius 3 is 2.41 bits per heavy atom. The molecule has 0 amide bonds. The van der Waals surface area contributed by atoms with Crippen LogP contribution < -0.4 is 4.90 Å². The first-order chi connectivity index (χ1) is 12.9. The number of halogens is 1. The molecule has 27 heavy (non-hydrogen) atoms. The third kappa shape index (κ3) is 4.21. The van der Waals surface area contributed by atoms with Crippen LogP contribution in [-0.2, 0) is 11.3 Å². The molecule has 2 aromatic rings. The molecule has 0 aliphatic carbocycles. The van der Waals surface area contributed by atoms with Gasteiger partial charge in [-0.1, -0.05) is 11.6 Å². The maximum Gasteiger partial charge on any atom is 0.159 e. The van der Waals surface area contributed by atoms with Gasteiger partial charge in [0.2, 0.25) is 0 Å². The van der Waals surface area contributed by atoms with Crippen molar-refractivity contribution in [1.82, 2.24) is 24.4 Å². The minimum Gasteiger partial charge on any atom is -0.378 e. The number of rotatable bonds is 3. The van der Waals surface area contributed by atoms with Crippen LogP contribution in [0.3, 0.4) is 0 Å². The van der Waals surface area contributed by atoms with E-state index in [0.29, 0.717) is 5.15 Å². The summed E-state index contributed by atoms with van der Waals surface area (Å²) in [5.74, 6) is 0.997. The van der Waals surface area contributed by atoms with Crippen molar-refractivity contribution in [3.63, 3.8) is 0 Å². The molecule has 4 rings (SSSR count). The second-order valence-corrected chi connectivity index (χ2v) is 8.76. The molecule has 0 bridgehead atoms. The first-order valence-electron chi connectivity index (χ1n) is 9.75. The molecule has 0 saturated carbocycles. The van der Waals surface area contributed by atoms with Gasteiger partial charge in [0, 0.05) is 63.5 Å². The van der Waals surface area contributed by atoms with Crippen molar-refractivity contribution < 1.29 is 4.74 Å². The van der Waals surface area contributed by atoms with Gasteiger partial charge in [0.05, 0.1) is 18.9 Å². The molecule has 0 unspecified atom stereocenters. The van der Waals surface area contributed by atoms with Gasteiger partial charge in [-0.05, 0) is 20.8 Å². The summed E-state index contributed by atoms with van der Waals surface area (Å²) in [6.45, 7) is 15.2. The van der Waals surface area contributed by atoms with Crippen LogP contribution in [0.5, 0.6) is 0 Å². The van der Waals surface area contributed by atoms with E-state index < -0.39 is 0 Å². The molecule has 0 N–H and O–H groups in total. The molecule has 2 fully saturated rings. The topological polar surface area (TPSA) is 49.1 Å². The van der Waals surface area contributed by atoms with Crippen LogP contribution in [-0.4, -0.2) is 82.4 Å². The maximum atomic E-state index is 6.28. The van der Waals surface area contributed by atoms with E-state index in [1.807, 2.05) is 10.6 Å². The summed E-state index contributed by atoms with van der Waals surface area (Å²) >= 11 is 6.28. The Morgan fingerprint density at radius 2 is 1.74 bits per heavy atom. The highest BCUT2D eigenvalue weighted by molar-refractivity contribution is 6.29. The molecule has 4 heterocycles. The standard InChI is InChI=1S/C19H29ClN6O/c1-19(2,3)25-6-4-23(5-7-25)14-15-12-17-21-16(20)13-18(26(17)22-15)24-8-10-27-11-9-24/h12-13H,4-11,14H2,1-3H3. The average Bonchev–Trinajstić information content (AvgIpc) is 3.03. The number of morpholine rings is 1. The smallest absolute Gasteiger partial charge is 0.159 e. The number of aromatic nitrogens is 3. The summed E-state index contributed by atoms with van der Waals surface area (Å²) in [5.41, 5.74) is 2.10. The Balaban J connectivity index is 1.50. The monoisotopic (exact) mass is 392 g/mol. The predicted octanol–water partition coefficient (Wildman–Crippen LogP) is 2.14.